The molecule has 1 N–H and O–H groups in total. The number of rotatable bonds is 2. The maximum absolute atomic E-state index is 10.8. The van der Waals surface area contributed by atoms with Crippen molar-refractivity contribution in [2.75, 3.05) is 19.6 Å². The predicted molar refractivity (Wildman–Crippen MR) is 81.9 cm³/mol. The Kier molecular flexibility index (Phi) is 3.68. The zero-order valence-corrected chi connectivity index (χ0v) is 12.7. The number of benzene rings is 1. The Morgan fingerprint density at radius 2 is 2.14 bits per heavy atom. The molecule has 0 atom stereocenters. The highest BCUT2D eigenvalue weighted by atomic mass is 35.5. The second-order valence-corrected chi connectivity index (χ2v) is 6.25. The molecule has 2 aliphatic heterocycles. The quantitative estimate of drug-likeness (QED) is 0.912. The highest BCUT2D eigenvalue weighted by molar-refractivity contribution is 6.30. The lowest BCUT2D eigenvalue weighted by atomic mass is 9.87. The number of nitrogens with zero attached hydrogens (tertiary/aromatic N) is 1. The first-order valence-corrected chi connectivity index (χ1v) is 7.48. The summed E-state index contributed by atoms with van der Waals surface area (Å²) in [7, 11) is 0. The highest BCUT2D eigenvalue weighted by Gasteiger charge is 2.37. The number of likely N-dealkylation sites (tertiary alicyclic amines) is 1. The molecular formula is C16H18ClNO3. The molecule has 0 unspecified atom stereocenters. The number of piperidine rings is 1. The second-order valence-electron chi connectivity index (χ2n) is 5.81. The van der Waals surface area contributed by atoms with E-state index in [2.05, 4.69) is 12.2 Å². The summed E-state index contributed by atoms with van der Waals surface area (Å²) in [5.41, 5.74) is 1.74. The molecule has 112 valence electrons. The van der Waals surface area contributed by atoms with Gasteiger partial charge in [-0.25, -0.2) is 0 Å². The molecule has 1 spiro atoms. The van der Waals surface area contributed by atoms with Crippen LogP contribution >= 0.6 is 11.6 Å². The van der Waals surface area contributed by atoms with Gasteiger partial charge in [0, 0.05) is 36.5 Å². The monoisotopic (exact) mass is 307 g/mol. The number of fused-ring (bicyclic) bond motifs is 1. The molecule has 4 nitrogen and oxygen atoms in total. The third kappa shape index (κ3) is 2.92. The van der Waals surface area contributed by atoms with Gasteiger partial charge in [0.15, 0.2) is 0 Å². The van der Waals surface area contributed by atoms with Crippen LogP contribution in [0.4, 0.5) is 0 Å². The predicted octanol–water partition coefficient (Wildman–Crippen LogP) is 2.97. The van der Waals surface area contributed by atoms with E-state index in [1.165, 1.54) is 0 Å². The van der Waals surface area contributed by atoms with Crippen molar-refractivity contribution in [3.05, 3.63) is 34.4 Å². The van der Waals surface area contributed by atoms with Gasteiger partial charge < -0.3 is 9.84 Å². The number of aliphatic carboxylic acids is 1. The van der Waals surface area contributed by atoms with Crippen molar-refractivity contribution in [1.29, 1.82) is 0 Å². The Morgan fingerprint density at radius 3 is 2.81 bits per heavy atom. The third-order valence-electron chi connectivity index (χ3n) is 4.20. The average molecular weight is 308 g/mol. The van der Waals surface area contributed by atoms with Crippen LogP contribution in [0.2, 0.25) is 5.02 Å². The van der Waals surface area contributed by atoms with Crippen LogP contribution in [-0.2, 0) is 4.79 Å². The molecular weight excluding hydrogens is 290 g/mol. The van der Waals surface area contributed by atoms with Crippen LogP contribution in [-0.4, -0.2) is 41.2 Å². The molecule has 5 heteroatoms. The first-order chi connectivity index (χ1) is 9.97. The molecule has 0 aromatic heterocycles. The van der Waals surface area contributed by atoms with Crippen LogP contribution in [0.5, 0.6) is 5.75 Å². The van der Waals surface area contributed by atoms with Crippen LogP contribution < -0.4 is 4.74 Å². The molecule has 2 heterocycles. The normalized spacial score (nSPS) is 20.1. The number of hydrogen-bond acceptors (Lipinski definition) is 3. The lowest BCUT2D eigenvalue weighted by Gasteiger charge is -2.42. The van der Waals surface area contributed by atoms with Gasteiger partial charge in [0.1, 0.15) is 11.4 Å². The van der Waals surface area contributed by atoms with Crippen LogP contribution in [0, 0.1) is 6.92 Å². The van der Waals surface area contributed by atoms with E-state index in [9.17, 15) is 4.79 Å². The highest BCUT2D eigenvalue weighted by Crippen LogP contribution is 2.40. The molecule has 0 amide bonds. The summed E-state index contributed by atoms with van der Waals surface area (Å²) in [6.07, 6.45) is 5.78. The molecule has 1 fully saturated rings. The van der Waals surface area contributed by atoms with E-state index in [4.69, 9.17) is 21.4 Å². The first-order valence-electron chi connectivity index (χ1n) is 7.10. The van der Waals surface area contributed by atoms with E-state index in [1.54, 1.807) is 0 Å². The molecule has 0 radical (unpaired) electrons. The van der Waals surface area contributed by atoms with Crippen molar-refractivity contribution in [1.82, 2.24) is 4.90 Å². The van der Waals surface area contributed by atoms with Gasteiger partial charge in [-0.05, 0) is 30.7 Å². The molecule has 0 saturated carbocycles. The molecule has 1 aromatic rings. The van der Waals surface area contributed by atoms with E-state index in [0.717, 1.165) is 42.8 Å². The van der Waals surface area contributed by atoms with E-state index in [-0.39, 0.29) is 12.1 Å². The van der Waals surface area contributed by atoms with Gasteiger partial charge >= 0.3 is 5.97 Å². The van der Waals surface area contributed by atoms with Crippen LogP contribution in [0.1, 0.15) is 24.0 Å². The number of halogens is 1. The fourth-order valence-electron chi connectivity index (χ4n) is 3.05. The molecule has 0 aliphatic carbocycles. The molecule has 1 aromatic carbocycles. The largest absolute Gasteiger partial charge is 0.482 e. The molecule has 0 bridgehead atoms. The number of ether oxygens (including phenoxy) is 1. The first kappa shape index (κ1) is 14.4. The van der Waals surface area contributed by atoms with Crippen molar-refractivity contribution < 1.29 is 14.6 Å². The van der Waals surface area contributed by atoms with Crippen molar-refractivity contribution in [2.45, 2.75) is 25.4 Å². The van der Waals surface area contributed by atoms with Gasteiger partial charge in [-0.15, -0.1) is 0 Å². The van der Waals surface area contributed by atoms with Gasteiger partial charge in [0.2, 0.25) is 0 Å². The van der Waals surface area contributed by atoms with Crippen LogP contribution in [0.3, 0.4) is 0 Å². The number of hydrogen-bond donors (Lipinski definition) is 1. The Balaban J connectivity index is 1.77. The maximum Gasteiger partial charge on any atom is 0.317 e. The minimum absolute atomic E-state index is 0.102. The Hall–Kier alpha value is -1.52. The minimum Gasteiger partial charge on any atom is -0.482 e. The summed E-state index contributed by atoms with van der Waals surface area (Å²) in [6.45, 7) is 3.57. The van der Waals surface area contributed by atoms with E-state index in [0.29, 0.717) is 5.02 Å². The smallest absolute Gasteiger partial charge is 0.317 e. The molecule has 2 aliphatic rings. The van der Waals surface area contributed by atoms with Crippen molar-refractivity contribution in [2.24, 2.45) is 0 Å². The van der Waals surface area contributed by atoms with Crippen LogP contribution in [0.25, 0.3) is 6.08 Å². The summed E-state index contributed by atoms with van der Waals surface area (Å²) < 4.78 is 6.28. The van der Waals surface area contributed by atoms with Crippen molar-refractivity contribution >= 4 is 23.6 Å². The number of carbonyl (C=O) groups is 1. The Morgan fingerprint density at radius 1 is 1.43 bits per heavy atom. The SMILES string of the molecule is Cc1cc(Cl)cc2c1OC1(C=C2)CCN(CC(=O)O)CC1. The Labute approximate surface area is 129 Å². The third-order valence-corrected chi connectivity index (χ3v) is 4.42. The van der Waals surface area contributed by atoms with E-state index < -0.39 is 5.97 Å². The zero-order valence-electron chi connectivity index (χ0n) is 11.9. The van der Waals surface area contributed by atoms with Gasteiger partial charge in [-0.1, -0.05) is 17.7 Å². The molecule has 3 rings (SSSR count). The second kappa shape index (κ2) is 5.35. The maximum atomic E-state index is 10.8. The summed E-state index contributed by atoms with van der Waals surface area (Å²) in [5.74, 6) is 0.121. The molecule has 21 heavy (non-hydrogen) atoms. The average Bonchev–Trinajstić information content (AvgIpc) is 2.42. The number of carboxylic acids is 1. The van der Waals surface area contributed by atoms with Gasteiger partial charge in [-0.2, -0.15) is 0 Å². The Bertz CT molecular complexity index is 604. The van der Waals surface area contributed by atoms with Gasteiger partial charge in [-0.3, -0.25) is 9.69 Å². The summed E-state index contributed by atoms with van der Waals surface area (Å²) >= 11 is 6.08. The lowest BCUT2D eigenvalue weighted by Crippen LogP contribution is -2.48. The standard InChI is InChI=1S/C16H18ClNO3/c1-11-8-13(17)9-12-2-3-16(21-15(11)12)4-6-18(7-5-16)10-14(19)20/h2-3,8-9H,4-7,10H2,1H3,(H,19,20). The van der Waals surface area contributed by atoms with Crippen molar-refractivity contribution in [3.63, 3.8) is 0 Å². The lowest BCUT2D eigenvalue weighted by molar-refractivity contribution is -0.139. The topological polar surface area (TPSA) is 49.8 Å². The van der Waals surface area contributed by atoms with Gasteiger partial charge in [0.05, 0.1) is 6.54 Å². The fourth-order valence-corrected chi connectivity index (χ4v) is 3.33. The van der Waals surface area contributed by atoms with Gasteiger partial charge in [0.25, 0.3) is 0 Å². The fraction of sp³-hybridized carbons (Fsp3) is 0.438. The number of carboxylic acid groups (broad SMARTS) is 1. The molecule has 1 saturated heterocycles. The van der Waals surface area contributed by atoms with E-state index in [1.807, 2.05) is 24.0 Å². The summed E-state index contributed by atoms with van der Waals surface area (Å²) in [6, 6.07) is 3.82. The number of aryl methyl sites for hydroxylation is 1. The van der Waals surface area contributed by atoms with E-state index >= 15 is 0 Å². The van der Waals surface area contributed by atoms with Crippen molar-refractivity contribution in [3.8, 4) is 5.75 Å². The van der Waals surface area contributed by atoms with Crippen LogP contribution in [0.15, 0.2) is 18.2 Å². The summed E-state index contributed by atoms with van der Waals surface area (Å²) in [4.78, 5) is 12.7. The minimum atomic E-state index is -0.776. The zero-order chi connectivity index (χ0) is 15.0. The summed E-state index contributed by atoms with van der Waals surface area (Å²) in [5, 5.41) is 9.58.